The molecule has 0 unspecified atom stereocenters. The van der Waals surface area contributed by atoms with E-state index in [1.54, 1.807) is 7.11 Å². The van der Waals surface area contributed by atoms with Crippen molar-refractivity contribution < 1.29 is 14.3 Å². The largest absolute Gasteiger partial charge is 0.497 e. The summed E-state index contributed by atoms with van der Waals surface area (Å²) in [6, 6.07) is 7.36. The molecule has 1 heterocycles. The van der Waals surface area contributed by atoms with E-state index in [1.807, 2.05) is 24.3 Å². The summed E-state index contributed by atoms with van der Waals surface area (Å²) >= 11 is 0. The van der Waals surface area contributed by atoms with Gasteiger partial charge in [-0.2, -0.15) is 0 Å². The molecule has 124 valence electrons. The Kier molecular flexibility index (Phi) is 4.55. The van der Waals surface area contributed by atoms with E-state index in [0.717, 1.165) is 49.8 Å². The van der Waals surface area contributed by atoms with Gasteiger partial charge in [-0.25, -0.2) is 0 Å². The molecule has 1 saturated carbocycles. The first kappa shape index (κ1) is 15.8. The average molecular weight is 316 g/mol. The standard InChI is InChI=1S/C18H24N2O3/c1-23-14-8-6-13(7-9-14)18(10-2-3-11-18)17(22)20-15-5-4-12-19-16(15)21/h6-9,15H,2-5,10-12H2,1H3,(H,19,21)(H,20,22)/t15-/m0/s1. The SMILES string of the molecule is COc1ccc(C2(C(=O)N[C@H]3CCCNC3=O)CCCC2)cc1. The molecule has 0 spiro atoms. The fourth-order valence-corrected chi connectivity index (χ4v) is 3.74. The molecule has 1 atom stereocenters. The molecule has 2 N–H and O–H groups in total. The van der Waals surface area contributed by atoms with Crippen molar-refractivity contribution in [1.82, 2.24) is 10.6 Å². The Morgan fingerprint density at radius 2 is 1.91 bits per heavy atom. The average Bonchev–Trinajstić information content (AvgIpc) is 3.08. The number of hydrogen-bond acceptors (Lipinski definition) is 3. The maximum atomic E-state index is 13.0. The van der Waals surface area contributed by atoms with Crippen LogP contribution in [0.1, 0.15) is 44.1 Å². The van der Waals surface area contributed by atoms with E-state index in [9.17, 15) is 9.59 Å². The molecule has 5 heteroatoms. The molecule has 0 aromatic heterocycles. The van der Waals surface area contributed by atoms with Gasteiger partial charge in [-0.3, -0.25) is 9.59 Å². The molecule has 23 heavy (non-hydrogen) atoms. The van der Waals surface area contributed by atoms with Crippen LogP contribution < -0.4 is 15.4 Å². The number of rotatable bonds is 4. The summed E-state index contributed by atoms with van der Waals surface area (Å²) in [5, 5.41) is 5.82. The van der Waals surface area contributed by atoms with Gasteiger partial charge in [0.25, 0.3) is 0 Å². The number of piperidine rings is 1. The van der Waals surface area contributed by atoms with Crippen LogP contribution in [0.25, 0.3) is 0 Å². The lowest BCUT2D eigenvalue weighted by molar-refractivity contribution is -0.133. The van der Waals surface area contributed by atoms with E-state index >= 15 is 0 Å². The van der Waals surface area contributed by atoms with Crippen molar-refractivity contribution in [2.45, 2.75) is 50.0 Å². The molecule has 3 rings (SSSR count). The molecule has 2 amide bonds. The highest BCUT2D eigenvalue weighted by Gasteiger charge is 2.44. The smallest absolute Gasteiger partial charge is 0.242 e. The third kappa shape index (κ3) is 3.05. The van der Waals surface area contributed by atoms with Gasteiger partial charge >= 0.3 is 0 Å². The molecule has 1 saturated heterocycles. The molecular weight excluding hydrogens is 292 g/mol. The van der Waals surface area contributed by atoms with E-state index in [-0.39, 0.29) is 11.8 Å². The van der Waals surface area contributed by atoms with Crippen molar-refractivity contribution >= 4 is 11.8 Å². The fraction of sp³-hybridized carbons (Fsp3) is 0.556. The van der Waals surface area contributed by atoms with Gasteiger partial charge in [-0.1, -0.05) is 25.0 Å². The summed E-state index contributed by atoms with van der Waals surface area (Å²) in [7, 11) is 1.63. The highest BCUT2D eigenvalue weighted by Crippen LogP contribution is 2.42. The van der Waals surface area contributed by atoms with E-state index in [4.69, 9.17) is 4.74 Å². The predicted octanol–water partition coefficient (Wildman–Crippen LogP) is 1.90. The number of hydrogen-bond donors (Lipinski definition) is 2. The van der Waals surface area contributed by atoms with Crippen molar-refractivity contribution in [3.8, 4) is 5.75 Å². The quantitative estimate of drug-likeness (QED) is 0.891. The second kappa shape index (κ2) is 6.60. The van der Waals surface area contributed by atoms with E-state index in [2.05, 4.69) is 10.6 Å². The van der Waals surface area contributed by atoms with E-state index in [0.29, 0.717) is 6.54 Å². The lowest BCUT2D eigenvalue weighted by Gasteiger charge is -2.32. The van der Waals surface area contributed by atoms with Gasteiger partial charge in [0, 0.05) is 6.54 Å². The zero-order valence-corrected chi connectivity index (χ0v) is 13.6. The number of nitrogens with one attached hydrogen (secondary N) is 2. The van der Waals surface area contributed by atoms with Crippen LogP contribution in [0.2, 0.25) is 0 Å². The normalized spacial score (nSPS) is 23.2. The number of carbonyl (C=O) groups is 2. The third-order valence-electron chi connectivity index (χ3n) is 5.12. The molecule has 1 aliphatic carbocycles. The lowest BCUT2D eigenvalue weighted by atomic mass is 9.77. The van der Waals surface area contributed by atoms with Crippen molar-refractivity contribution in [2.75, 3.05) is 13.7 Å². The molecular formula is C18H24N2O3. The van der Waals surface area contributed by atoms with Gasteiger partial charge in [0.1, 0.15) is 11.8 Å². The van der Waals surface area contributed by atoms with Crippen molar-refractivity contribution in [3.63, 3.8) is 0 Å². The second-order valence-electron chi connectivity index (χ2n) is 6.48. The highest BCUT2D eigenvalue weighted by atomic mass is 16.5. The Morgan fingerprint density at radius 1 is 1.22 bits per heavy atom. The van der Waals surface area contributed by atoms with Crippen LogP contribution in [0.4, 0.5) is 0 Å². The third-order valence-corrected chi connectivity index (χ3v) is 5.12. The number of amides is 2. The second-order valence-corrected chi connectivity index (χ2v) is 6.48. The van der Waals surface area contributed by atoms with Gasteiger partial charge < -0.3 is 15.4 Å². The van der Waals surface area contributed by atoms with Crippen LogP contribution in [0.3, 0.4) is 0 Å². The Morgan fingerprint density at radius 3 is 2.52 bits per heavy atom. The molecule has 2 aliphatic rings. The van der Waals surface area contributed by atoms with Crippen LogP contribution in [-0.4, -0.2) is 31.5 Å². The van der Waals surface area contributed by atoms with Crippen LogP contribution in [0, 0.1) is 0 Å². The molecule has 1 aliphatic heterocycles. The van der Waals surface area contributed by atoms with Crippen LogP contribution >= 0.6 is 0 Å². The summed E-state index contributed by atoms with van der Waals surface area (Å²) in [4.78, 5) is 24.9. The monoisotopic (exact) mass is 316 g/mol. The lowest BCUT2D eigenvalue weighted by Crippen LogP contribution is -2.54. The first-order chi connectivity index (χ1) is 11.2. The van der Waals surface area contributed by atoms with E-state index in [1.165, 1.54) is 0 Å². The maximum Gasteiger partial charge on any atom is 0.242 e. The number of methoxy groups -OCH3 is 1. The predicted molar refractivity (Wildman–Crippen MR) is 87.3 cm³/mol. The number of carbonyl (C=O) groups excluding carboxylic acids is 2. The Bertz CT molecular complexity index is 576. The molecule has 0 bridgehead atoms. The summed E-state index contributed by atoms with van der Waals surface area (Å²) in [5.74, 6) is 0.712. The minimum Gasteiger partial charge on any atom is -0.497 e. The Balaban J connectivity index is 1.81. The van der Waals surface area contributed by atoms with Crippen LogP contribution in [-0.2, 0) is 15.0 Å². The first-order valence-corrected chi connectivity index (χ1v) is 8.39. The van der Waals surface area contributed by atoms with Gasteiger partial charge in [0.15, 0.2) is 0 Å². The summed E-state index contributed by atoms with van der Waals surface area (Å²) in [6.45, 7) is 0.703. The highest BCUT2D eigenvalue weighted by molar-refractivity contribution is 5.93. The van der Waals surface area contributed by atoms with Crippen LogP contribution in [0.5, 0.6) is 5.75 Å². The topological polar surface area (TPSA) is 67.4 Å². The zero-order chi connectivity index (χ0) is 16.3. The van der Waals surface area contributed by atoms with Crippen molar-refractivity contribution in [3.05, 3.63) is 29.8 Å². The maximum absolute atomic E-state index is 13.0. The molecule has 2 fully saturated rings. The summed E-state index contributed by atoms with van der Waals surface area (Å²) in [6.07, 6.45) is 5.37. The van der Waals surface area contributed by atoms with Crippen molar-refractivity contribution in [2.24, 2.45) is 0 Å². The number of ether oxygens (including phenoxy) is 1. The Hall–Kier alpha value is -2.04. The zero-order valence-electron chi connectivity index (χ0n) is 13.6. The summed E-state index contributed by atoms with van der Waals surface area (Å²) < 4.78 is 5.21. The minimum atomic E-state index is -0.510. The van der Waals surface area contributed by atoms with E-state index < -0.39 is 11.5 Å². The molecule has 1 aromatic rings. The Labute approximate surface area is 136 Å². The molecule has 1 aromatic carbocycles. The molecule has 5 nitrogen and oxygen atoms in total. The van der Waals surface area contributed by atoms with Crippen LogP contribution in [0.15, 0.2) is 24.3 Å². The minimum absolute atomic E-state index is 0.0118. The fourth-order valence-electron chi connectivity index (χ4n) is 3.74. The van der Waals surface area contributed by atoms with Gasteiger partial charge in [0.05, 0.1) is 12.5 Å². The van der Waals surface area contributed by atoms with Gasteiger partial charge in [-0.05, 0) is 43.4 Å². The van der Waals surface area contributed by atoms with Gasteiger partial charge in [0.2, 0.25) is 11.8 Å². The summed E-state index contributed by atoms with van der Waals surface area (Å²) in [5.41, 5.74) is 0.508. The van der Waals surface area contributed by atoms with Gasteiger partial charge in [-0.15, -0.1) is 0 Å². The molecule has 0 radical (unpaired) electrons. The van der Waals surface area contributed by atoms with Crippen molar-refractivity contribution in [1.29, 1.82) is 0 Å². The first-order valence-electron chi connectivity index (χ1n) is 8.39. The number of benzene rings is 1.